The van der Waals surface area contributed by atoms with Gasteiger partial charge < -0.3 is 9.84 Å². The fourth-order valence-electron chi connectivity index (χ4n) is 3.98. The van der Waals surface area contributed by atoms with Crippen LogP contribution in [-0.2, 0) is 17.1 Å². The maximum Gasteiger partial charge on any atom is 0.241 e. The second-order valence-electron chi connectivity index (χ2n) is 8.75. The Morgan fingerprint density at radius 1 is 1.15 bits per heavy atom. The minimum Gasteiger partial charge on any atom is -0.356 e. The van der Waals surface area contributed by atoms with Crippen LogP contribution < -0.4 is 5.32 Å². The molecular weight excluding hydrogens is 512 g/mol. The van der Waals surface area contributed by atoms with Crippen LogP contribution in [0.2, 0.25) is 0 Å². The summed E-state index contributed by atoms with van der Waals surface area (Å²) in [5, 5.41) is 7.24. The third-order valence-electron chi connectivity index (χ3n) is 6.04. The number of halogens is 1. The van der Waals surface area contributed by atoms with E-state index in [0.717, 1.165) is 60.4 Å². The molecule has 2 heterocycles. The molecule has 0 aliphatic carbocycles. The van der Waals surface area contributed by atoms with Gasteiger partial charge in [-0.05, 0) is 74.9 Å². The van der Waals surface area contributed by atoms with Crippen LogP contribution in [0.25, 0.3) is 11.4 Å². The van der Waals surface area contributed by atoms with Gasteiger partial charge in [0.25, 0.3) is 0 Å². The van der Waals surface area contributed by atoms with E-state index in [1.807, 2.05) is 36.0 Å². The Bertz CT molecular complexity index is 1050. The molecule has 6 nitrogen and oxygen atoms in total. The van der Waals surface area contributed by atoms with E-state index in [9.17, 15) is 4.79 Å². The first kappa shape index (κ1) is 24.9. The standard InChI is InChI=1S/C26H31BrN4O2S/c1-19-3-5-20(6-4-19)18-34-16-2-13-28-26(32)22-11-14-31(15-12-22)17-24-29-25(30-33-24)21-7-9-23(27)10-8-21/h3-10,22H,2,11-18H2,1H3,(H,28,32). The summed E-state index contributed by atoms with van der Waals surface area (Å²) in [6.07, 6.45) is 2.72. The number of amides is 1. The zero-order chi connectivity index (χ0) is 23.8. The topological polar surface area (TPSA) is 71.3 Å². The Kier molecular flexibility index (Phi) is 9.18. The molecule has 0 radical (unpaired) electrons. The lowest BCUT2D eigenvalue weighted by Gasteiger charge is -2.30. The first-order valence-electron chi connectivity index (χ1n) is 11.8. The molecule has 0 bridgehead atoms. The molecule has 1 amide bonds. The van der Waals surface area contributed by atoms with E-state index in [4.69, 9.17) is 4.52 Å². The summed E-state index contributed by atoms with van der Waals surface area (Å²) in [5.41, 5.74) is 3.58. The molecule has 0 spiro atoms. The van der Waals surface area contributed by atoms with Gasteiger partial charge in [-0.2, -0.15) is 16.7 Å². The molecule has 2 aromatic carbocycles. The van der Waals surface area contributed by atoms with E-state index in [0.29, 0.717) is 18.3 Å². The quantitative estimate of drug-likeness (QED) is 0.343. The third kappa shape index (κ3) is 7.42. The van der Waals surface area contributed by atoms with E-state index < -0.39 is 0 Å². The van der Waals surface area contributed by atoms with E-state index in [2.05, 4.69) is 67.5 Å². The summed E-state index contributed by atoms with van der Waals surface area (Å²) in [6, 6.07) is 16.6. The van der Waals surface area contributed by atoms with Crippen molar-refractivity contribution in [1.29, 1.82) is 0 Å². The lowest BCUT2D eigenvalue weighted by molar-refractivity contribution is -0.126. The summed E-state index contributed by atoms with van der Waals surface area (Å²) in [5.74, 6) is 3.59. The number of piperidine rings is 1. The highest BCUT2D eigenvalue weighted by Gasteiger charge is 2.25. The summed E-state index contributed by atoms with van der Waals surface area (Å²) in [7, 11) is 0. The number of aromatic nitrogens is 2. The number of carbonyl (C=O) groups excluding carboxylic acids is 1. The Morgan fingerprint density at radius 3 is 2.62 bits per heavy atom. The zero-order valence-electron chi connectivity index (χ0n) is 19.5. The number of carbonyl (C=O) groups is 1. The molecule has 1 fully saturated rings. The van der Waals surface area contributed by atoms with Gasteiger partial charge in [0.15, 0.2) is 0 Å². The SMILES string of the molecule is Cc1ccc(CSCCCNC(=O)C2CCN(Cc3nc(-c4ccc(Br)cc4)no3)CC2)cc1. The van der Waals surface area contributed by atoms with Crippen LogP contribution in [0.3, 0.4) is 0 Å². The number of aryl methyl sites for hydroxylation is 1. The Morgan fingerprint density at radius 2 is 1.88 bits per heavy atom. The van der Waals surface area contributed by atoms with Gasteiger partial charge in [-0.25, -0.2) is 0 Å². The van der Waals surface area contributed by atoms with Gasteiger partial charge in [0.2, 0.25) is 17.6 Å². The smallest absolute Gasteiger partial charge is 0.241 e. The van der Waals surface area contributed by atoms with Crippen LogP contribution in [0.5, 0.6) is 0 Å². The molecule has 3 aromatic rings. The number of nitrogens with zero attached hydrogens (tertiary/aromatic N) is 3. The van der Waals surface area contributed by atoms with Crippen LogP contribution in [0.4, 0.5) is 0 Å². The number of benzene rings is 2. The van der Waals surface area contributed by atoms with Gasteiger partial charge in [0.05, 0.1) is 6.54 Å². The largest absolute Gasteiger partial charge is 0.356 e. The number of hydrogen-bond donors (Lipinski definition) is 1. The van der Waals surface area contributed by atoms with Crippen molar-refractivity contribution in [3.05, 3.63) is 70.0 Å². The van der Waals surface area contributed by atoms with Crippen molar-refractivity contribution in [2.24, 2.45) is 5.92 Å². The molecule has 34 heavy (non-hydrogen) atoms. The Labute approximate surface area is 214 Å². The average molecular weight is 544 g/mol. The predicted octanol–water partition coefficient (Wildman–Crippen LogP) is 5.46. The molecule has 1 aromatic heterocycles. The number of nitrogens with one attached hydrogen (secondary N) is 1. The first-order chi connectivity index (χ1) is 16.6. The van der Waals surface area contributed by atoms with E-state index in [1.54, 1.807) is 0 Å². The van der Waals surface area contributed by atoms with Crippen molar-refractivity contribution in [2.45, 2.75) is 38.5 Å². The highest BCUT2D eigenvalue weighted by Crippen LogP contribution is 2.22. The minimum atomic E-state index is 0.0949. The molecule has 1 aliphatic heterocycles. The minimum absolute atomic E-state index is 0.0949. The first-order valence-corrected chi connectivity index (χ1v) is 13.7. The highest BCUT2D eigenvalue weighted by molar-refractivity contribution is 9.10. The number of rotatable bonds is 10. The molecule has 1 saturated heterocycles. The van der Waals surface area contributed by atoms with E-state index >= 15 is 0 Å². The van der Waals surface area contributed by atoms with Crippen molar-refractivity contribution >= 4 is 33.6 Å². The second kappa shape index (κ2) is 12.5. The normalized spacial score (nSPS) is 14.9. The summed E-state index contributed by atoms with van der Waals surface area (Å²) >= 11 is 5.36. The third-order valence-corrected chi connectivity index (χ3v) is 7.69. The maximum atomic E-state index is 12.6. The fourth-order valence-corrected chi connectivity index (χ4v) is 5.17. The van der Waals surface area contributed by atoms with Crippen molar-refractivity contribution in [3.8, 4) is 11.4 Å². The molecule has 4 rings (SSSR count). The summed E-state index contributed by atoms with van der Waals surface area (Å²) < 4.78 is 6.47. The van der Waals surface area contributed by atoms with Gasteiger partial charge in [-0.1, -0.05) is 50.9 Å². The average Bonchev–Trinajstić information content (AvgIpc) is 3.31. The summed E-state index contributed by atoms with van der Waals surface area (Å²) in [6.45, 7) is 5.20. The molecule has 0 saturated carbocycles. The maximum absolute atomic E-state index is 12.6. The number of likely N-dealkylation sites (tertiary alicyclic amines) is 1. The molecule has 8 heteroatoms. The van der Waals surface area contributed by atoms with Crippen LogP contribution >= 0.6 is 27.7 Å². The van der Waals surface area contributed by atoms with Crippen LogP contribution in [0.15, 0.2) is 57.5 Å². The highest BCUT2D eigenvalue weighted by atomic mass is 79.9. The van der Waals surface area contributed by atoms with E-state index in [-0.39, 0.29) is 11.8 Å². The molecule has 1 aliphatic rings. The number of hydrogen-bond acceptors (Lipinski definition) is 6. The molecule has 0 atom stereocenters. The van der Waals surface area contributed by atoms with Crippen LogP contribution in [0.1, 0.15) is 36.3 Å². The van der Waals surface area contributed by atoms with Gasteiger partial charge in [-0.15, -0.1) is 0 Å². The second-order valence-corrected chi connectivity index (χ2v) is 10.8. The molecule has 0 unspecified atom stereocenters. The molecular formula is C26H31BrN4O2S. The monoisotopic (exact) mass is 542 g/mol. The van der Waals surface area contributed by atoms with E-state index in [1.165, 1.54) is 11.1 Å². The zero-order valence-corrected chi connectivity index (χ0v) is 21.9. The van der Waals surface area contributed by atoms with Crippen molar-refractivity contribution in [3.63, 3.8) is 0 Å². The lowest BCUT2D eigenvalue weighted by Crippen LogP contribution is -2.40. The van der Waals surface area contributed by atoms with Crippen molar-refractivity contribution < 1.29 is 9.32 Å². The van der Waals surface area contributed by atoms with Crippen LogP contribution in [-0.4, -0.2) is 46.3 Å². The van der Waals surface area contributed by atoms with Gasteiger partial charge in [0.1, 0.15) is 0 Å². The van der Waals surface area contributed by atoms with Crippen molar-refractivity contribution in [1.82, 2.24) is 20.4 Å². The van der Waals surface area contributed by atoms with Crippen LogP contribution in [0, 0.1) is 12.8 Å². The molecule has 180 valence electrons. The van der Waals surface area contributed by atoms with Crippen molar-refractivity contribution in [2.75, 3.05) is 25.4 Å². The Balaban J connectivity index is 1.10. The van der Waals surface area contributed by atoms with Gasteiger partial charge in [0, 0.05) is 28.3 Å². The number of thioether (sulfide) groups is 1. The molecule has 1 N–H and O–H groups in total. The van der Waals surface area contributed by atoms with Gasteiger partial charge in [-0.3, -0.25) is 9.69 Å². The summed E-state index contributed by atoms with van der Waals surface area (Å²) in [4.78, 5) is 19.4. The van der Waals surface area contributed by atoms with Gasteiger partial charge >= 0.3 is 0 Å². The Hall–Kier alpha value is -2.16. The lowest BCUT2D eigenvalue weighted by atomic mass is 9.96. The fraction of sp³-hybridized carbons (Fsp3) is 0.423. The predicted molar refractivity (Wildman–Crippen MR) is 140 cm³/mol.